The zero-order chi connectivity index (χ0) is 17.3. The maximum Gasteiger partial charge on any atom is 0.338 e. The van der Waals surface area contributed by atoms with Crippen LogP contribution in [-0.4, -0.2) is 21.6 Å². The average Bonchev–Trinajstić information content (AvgIpc) is 2.79. The van der Waals surface area contributed by atoms with Crippen molar-refractivity contribution in [1.82, 2.24) is 4.57 Å². The van der Waals surface area contributed by atoms with Gasteiger partial charge in [-0.3, -0.25) is 4.79 Å². The highest BCUT2D eigenvalue weighted by Crippen LogP contribution is 2.30. The number of aromatic carboxylic acids is 1. The number of carbonyl (C=O) groups is 2. The lowest BCUT2D eigenvalue weighted by Gasteiger charge is -2.09. The first-order valence-electron chi connectivity index (χ1n) is 7.56. The lowest BCUT2D eigenvalue weighted by atomic mass is 10.1. The van der Waals surface area contributed by atoms with Crippen LogP contribution >= 0.6 is 0 Å². The highest BCUT2D eigenvalue weighted by molar-refractivity contribution is 6.05. The number of nitrogens with zero attached hydrogens (tertiary/aromatic N) is 1. The Morgan fingerprint density at radius 2 is 1.83 bits per heavy atom. The number of carboxylic acid groups (broad SMARTS) is 1. The predicted molar refractivity (Wildman–Crippen MR) is 90.5 cm³/mol. The Morgan fingerprint density at radius 1 is 1.12 bits per heavy atom. The Bertz CT molecular complexity index is 925. The van der Waals surface area contributed by atoms with Crippen LogP contribution in [-0.2, 0) is 11.3 Å². The Labute approximate surface area is 139 Å². The molecule has 0 amide bonds. The number of esters is 1. The summed E-state index contributed by atoms with van der Waals surface area (Å²) >= 11 is 0. The normalized spacial score (nSPS) is 10.8. The van der Waals surface area contributed by atoms with Crippen LogP contribution in [0, 0.1) is 6.92 Å². The first-order valence-corrected chi connectivity index (χ1v) is 7.56. The second-order valence-electron chi connectivity index (χ2n) is 5.61. The number of benzene rings is 2. The van der Waals surface area contributed by atoms with E-state index >= 15 is 0 Å². The van der Waals surface area contributed by atoms with Gasteiger partial charge in [0.05, 0.1) is 5.56 Å². The molecule has 0 radical (unpaired) electrons. The van der Waals surface area contributed by atoms with E-state index in [1.165, 1.54) is 6.92 Å². The number of hydrogen-bond acceptors (Lipinski definition) is 3. The smallest absolute Gasteiger partial charge is 0.338 e. The molecule has 0 aliphatic rings. The third-order valence-electron chi connectivity index (χ3n) is 3.95. The van der Waals surface area contributed by atoms with Crippen molar-refractivity contribution in [2.24, 2.45) is 0 Å². The molecule has 1 aromatic heterocycles. The van der Waals surface area contributed by atoms with Crippen molar-refractivity contribution >= 4 is 22.8 Å². The minimum atomic E-state index is -0.996. The third-order valence-corrected chi connectivity index (χ3v) is 3.95. The minimum Gasteiger partial charge on any atom is -0.478 e. The number of hydrogen-bond donors (Lipinski definition) is 1. The summed E-state index contributed by atoms with van der Waals surface area (Å²) in [5, 5.41) is 10.2. The molecule has 0 atom stereocenters. The number of ether oxygens (including phenoxy) is 1. The van der Waals surface area contributed by atoms with Gasteiger partial charge in [-0.05, 0) is 30.7 Å². The third kappa shape index (κ3) is 2.88. The van der Waals surface area contributed by atoms with E-state index in [-0.39, 0.29) is 5.56 Å². The van der Waals surface area contributed by atoms with Crippen molar-refractivity contribution in [2.75, 3.05) is 0 Å². The van der Waals surface area contributed by atoms with Gasteiger partial charge in [0.2, 0.25) is 0 Å². The second kappa shape index (κ2) is 6.20. The van der Waals surface area contributed by atoms with Crippen LogP contribution in [0.3, 0.4) is 0 Å². The zero-order valence-corrected chi connectivity index (χ0v) is 13.4. The van der Waals surface area contributed by atoms with Crippen molar-refractivity contribution in [3.05, 3.63) is 65.4 Å². The van der Waals surface area contributed by atoms with Gasteiger partial charge in [-0.25, -0.2) is 4.79 Å². The summed E-state index contributed by atoms with van der Waals surface area (Å²) in [6.45, 7) is 3.68. The first-order chi connectivity index (χ1) is 11.5. The maximum atomic E-state index is 11.7. The van der Waals surface area contributed by atoms with E-state index in [0.29, 0.717) is 23.4 Å². The van der Waals surface area contributed by atoms with Crippen molar-refractivity contribution in [2.45, 2.75) is 20.4 Å². The summed E-state index contributed by atoms with van der Waals surface area (Å²) < 4.78 is 7.05. The first kappa shape index (κ1) is 15.8. The molecule has 1 heterocycles. The molecule has 24 heavy (non-hydrogen) atoms. The fourth-order valence-corrected chi connectivity index (χ4v) is 2.93. The van der Waals surface area contributed by atoms with Crippen LogP contribution < -0.4 is 4.74 Å². The topological polar surface area (TPSA) is 68.5 Å². The number of fused-ring (bicyclic) bond motifs is 1. The lowest BCUT2D eigenvalue weighted by Crippen LogP contribution is -2.04. The molecule has 0 aliphatic heterocycles. The van der Waals surface area contributed by atoms with E-state index in [9.17, 15) is 14.7 Å². The lowest BCUT2D eigenvalue weighted by molar-refractivity contribution is -0.131. The molecule has 5 nitrogen and oxygen atoms in total. The van der Waals surface area contributed by atoms with Gasteiger partial charge in [0.25, 0.3) is 0 Å². The summed E-state index contributed by atoms with van der Waals surface area (Å²) in [4.78, 5) is 22.9. The van der Waals surface area contributed by atoms with Gasteiger partial charge < -0.3 is 14.4 Å². The van der Waals surface area contributed by atoms with E-state index in [1.54, 1.807) is 25.1 Å². The molecule has 122 valence electrons. The van der Waals surface area contributed by atoms with Crippen molar-refractivity contribution < 1.29 is 19.4 Å². The highest BCUT2D eigenvalue weighted by Gasteiger charge is 2.20. The highest BCUT2D eigenvalue weighted by atomic mass is 16.5. The second-order valence-corrected chi connectivity index (χ2v) is 5.61. The maximum absolute atomic E-state index is 11.7. The Balaban J connectivity index is 2.17. The zero-order valence-electron chi connectivity index (χ0n) is 13.4. The molecule has 0 saturated carbocycles. The average molecular weight is 323 g/mol. The largest absolute Gasteiger partial charge is 0.478 e. The molecular formula is C19H17NO4. The van der Waals surface area contributed by atoms with E-state index < -0.39 is 11.9 Å². The van der Waals surface area contributed by atoms with Crippen molar-refractivity contribution in [1.29, 1.82) is 0 Å². The summed E-state index contributed by atoms with van der Waals surface area (Å²) in [6.07, 6.45) is 0. The van der Waals surface area contributed by atoms with Gasteiger partial charge in [0.1, 0.15) is 5.75 Å². The quantitative estimate of drug-likeness (QED) is 0.588. The molecule has 2 aromatic carbocycles. The molecule has 0 aliphatic carbocycles. The molecule has 0 fully saturated rings. The Kier molecular flexibility index (Phi) is 4.08. The van der Waals surface area contributed by atoms with Gasteiger partial charge in [0.15, 0.2) is 0 Å². The Morgan fingerprint density at radius 3 is 2.46 bits per heavy atom. The van der Waals surface area contributed by atoms with E-state index in [2.05, 4.69) is 0 Å². The monoisotopic (exact) mass is 323 g/mol. The minimum absolute atomic E-state index is 0.231. The van der Waals surface area contributed by atoms with Gasteiger partial charge in [-0.2, -0.15) is 0 Å². The number of rotatable bonds is 4. The van der Waals surface area contributed by atoms with E-state index in [1.807, 2.05) is 34.9 Å². The number of carbonyl (C=O) groups excluding carboxylic acids is 1. The Hall–Kier alpha value is -3.08. The molecule has 1 N–H and O–H groups in total. The standard InChI is InChI=1S/C19H17NO4/c1-12-18(19(22)23)16-10-15(24-13(2)21)8-9-17(16)20(12)11-14-6-4-3-5-7-14/h3-10H,11H2,1-2H3,(H,22,23). The molecule has 3 aromatic rings. The van der Waals surface area contributed by atoms with Crippen molar-refractivity contribution in [3.8, 4) is 5.75 Å². The fourth-order valence-electron chi connectivity index (χ4n) is 2.93. The van der Waals surface area contributed by atoms with Gasteiger partial charge in [-0.15, -0.1) is 0 Å². The van der Waals surface area contributed by atoms with Gasteiger partial charge >= 0.3 is 11.9 Å². The fraction of sp³-hybridized carbons (Fsp3) is 0.158. The van der Waals surface area contributed by atoms with Crippen LogP contribution in [0.25, 0.3) is 10.9 Å². The van der Waals surface area contributed by atoms with Crippen molar-refractivity contribution in [3.63, 3.8) is 0 Å². The summed E-state index contributed by atoms with van der Waals surface area (Å²) in [7, 11) is 0. The molecule has 0 bridgehead atoms. The summed E-state index contributed by atoms with van der Waals surface area (Å²) in [5.41, 5.74) is 2.78. The van der Waals surface area contributed by atoms with Gasteiger partial charge in [-0.1, -0.05) is 30.3 Å². The molecule has 0 spiro atoms. The van der Waals surface area contributed by atoms with Crippen LogP contribution in [0.1, 0.15) is 28.5 Å². The van der Waals surface area contributed by atoms with Crippen LogP contribution in [0.5, 0.6) is 5.75 Å². The molecule has 0 unspecified atom stereocenters. The number of carboxylic acids is 1. The summed E-state index contributed by atoms with van der Waals surface area (Å²) in [6, 6.07) is 14.9. The summed E-state index contributed by atoms with van der Waals surface area (Å²) in [5.74, 6) is -1.09. The van der Waals surface area contributed by atoms with E-state index in [4.69, 9.17) is 4.74 Å². The SMILES string of the molecule is CC(=O)Oc1ccc2c(c1)c(C(=O)O)c(C)n2Cc1ccccc1. The molecule has 5 heteroatoms. The predicted octanol–water partition coefficient (Wildman–Crippen LogP) is 3.62. The van der Waals surface area contributed by atoms with Crippen LogP contribution in [0.4, 0.5) is 0 Å². The van der Waals surface area contributed by atoms with Crippen LogP contribution in [0.15, 0.2) is 48.5 Å². The van der Waals surface area contributed by atoms with E-state index in [0.717, 1.165) is 11.1 Å². The van der Waals surface area contributed by atoms with Crippen LogP contribution in [0.2, 0.25) is 0 Å². The molecule has 0 saturated heterocycles. The number of aromatic nitrogens is 1. The molecular weight excluding hydrogens is 306 g/mol. The molecule has 3 rings (SSSR count). The van der Waals surface area contributed by atoms with Gasteiger partial charge in [0, 0.05) is 30.1 Å².